The van der Waals surface area contributed by atoms with Crippen LogP contribution in [0.15, 0.2) is 47.6 Å². The largest absolute Gasteiger partial charge is 0.278 e. The molecule has 0 atom stereocenters. The van der Waals surface area contributed by atoms with Crippen molar-refractivity contribution in [2.24, 2.45) is 0 Å². The minimum Gasteiger partial charge on any atom is -0.278 e. The van der Waals surface area contributed by atoms with Gasteiger partial charge in [-0.3, -0.25) is 9.71 Å². The van der Waals surface area contributed by atoms with E-state index in [0.29, 0.717) is 0 Å². The zero-order chi connectivity index (χ0) is 16.3. The number of alkyl halides is 2. The molecule has 2 aromatic rings. The van der Waals surface area contributed by atoms with Gasteiger partial charge in [0, 0.05) is 11.8 Å². The lowest BCUT2D eigenvalue weighted by molar-refractivity contribution is 0.148. The number of hydrogen-bond acceptors (Lipinski definition) is 3. The Hall–Kier alpha value is -2.02. The maximum absolute atomic E-state index is 13.0. The van der Waals surface area contributed by atoms with E-state index in [1.165, 1.54) is 18.3 Å². The molecule has 4 nitrogen and oxygen atoms in total. The van der Waals surface area contributed by atoms with Crippen LogP contribution in [0.3, 0.4) is 0 Å². The Morgan fingerprint density at radius 2 is 1.82 bits per heavy atom. The van der Waals surface area contributed by atoms with Crippen LogP contribution in [-0.2, 0) is 10.0 Å². The van der Waals surface area contributed by atoms with Crippen LogP contribution in [0.2, 0.25) is 0 Å². The van der Waals surface area contributed by atoms with E-state index in [1.807, 2.05) is 13.8 Å². The molecule has 1 heterocycles. The third-order valence-electron chi connectivity index (χ3n) is 3.12. The second-order valence-corrected chi connectivity index (χ2v) is 6.76. The van der Waals surface area contributed by atoms with Crippen molar-refractivity contribution in [2.75, 3.05) is 4.72 Å². The molecule has 7 heteroatoms. The summed E-state index contributed by atoms with van der Waals surface area (Å²) in [6.45, 7) is 3.89. The second-order valence-electron chi connectivity index (χ2n) is 5.11. The van der Waals surface area contributed by atoms with Gasteiger partial charge in [-0.1, -0.05) is 32.0 Å². The van der Waals surface area contributed by atoms with E-state index in [1.54, 1.807) is 12.3 Å². The molecular weight excluding hydrogens is 310 g/mol. The molecule has 0 aliphatic heterocycles. The molecule has 1 aromatic carbocycles. The quantitative estimate of drug-likeness (QED) is 0.905. The molecule has 118 valence electrons. The fourth-order valence-corrected chi connectivity index (χ4v) is 3.20. The fraction of sp³-hybridized carbons (Fsp3) is 0.267. The summed E-state index contributed by atoms with van der Waals surface area (Å²) in [5.41, 5.74) is 0.570. The van der Waals surface area contributed by atoms with Gasteiger partial charge >= 0.3 is 0 Å². The number of hydrogen-bond donors (Lipinski definition) is 1. The predicted octanol–water partition coefficient (Wildman–Crippen LogP) is 3.94. The summed E-state index contributed by atoms with van der Waals surface area (Å²) in [7, 11) is -4.10. The van der Waals surface area contributed by atoms with Crippen LogP contribution in [-0.4, -0.2) is 13.4 Å². The molecule has 0 spiro atoms. The molecule has 0 amide bonds. The standard InChI is InChI=1S/C15H16F2N2O2S/c1-10(2)11-7-12(9-18-8-11)19-22(20,21)14-6-4-3-5-13(14)15(16)17/h3-10,15,19H,1-2H3. The lowest BCUT2D eigenvalue weighted by atomic mass is 10.1. The lowest BCUT2D eigenvalue weighted by Crippen LogP contribution is -2.15. The Bertz CT molecular complexity index is 762. The highest BCUT2D eigenvalue weighted by Gasteiger charge is 2.23. The summed E-state index contributed by atoms with van der Waals surface area (Å²) in [5, 5.41) is 0. The molecule has 0 saturated heterocycles. The van der Waals surface area contributed by atoms with Crippen molar-refractivity contribution in [3.8, 4) is 0 Å². The fourth-order valence-electron chi connectivity index (χ4n) is 1.94. The lowest BCUT2D eigenvalue weighted by Gasteiger charge is -2.13. The van der Waals surface area contributed by atoms with E-state index < -0.39 is 26.9 Å². The number of pyridine rings is 1. The number of anilines is 1. The van der Waals surface area contributed by atoms with Gasteiger partial charge in [0.25, 0.3) is 16.4 Å². The van der Waals surface area contributed by atoms with Gasteiger partial charge in [-0.25, -0.2) is 17.2 Å². The summed E-state index contributed by atoms with van der Waals surface area (Å²) in [6.07, 6.45) is 0.108. The molecule has 1 aromatic heterocycles. The van der Waals surface area contributed by atoms with Crippen LogP contribution in [0.1, 0.15) is 37.3 Å². The third kappa shape index (κ3) is 3.59. The van der Waals surface area contributed by atoms with Crippen LogP contribution in [0.4, 0.5) is 14.5 Å². The first-order valence-corrected chi connectivity index (χ1v) is 8.14. The topological polar surface area (TPSA) is 59.1 Å². The Labute approximate surface area is 128 Å². The monoisotopic (exact) mass is 326 g/mol. The van der Waals surface area contributed by atoms with E-state index in [0.717, 1.165) is 17.7 Å². The van der Waals surface area contributed by atoms with Crippen molar-refractivity contribution in [1.82, 2.24) is 4.98 Å². The maximum atomic E-state index is 13.0. The van der Waals surface area contributed by atoms with Crippen molar-refractivity contribution in [1.29, 1.82) is 0 Å². The number of sulfonamides is 1. The maximum Gasteiger partial charge on any atom is 0.265 e. The number of benzene rings is 1. The predicted molar refractivity (Wildman–Crippen MR) is 80.5 cm³/mol. The molecule has 2 rings (SSSR count). The van der Waals surface area contributed by atoms with E-state index in [-0.39, 0.29) is 11.6 Å². The smallest absolute Gasteiger partial charge is 0.265 e. The van der Waals surface area contributed by atoms with Gasteiger partial charge < -0.3 is 0 Å². The van der Waals surface area contributed by atoms with Crippen LogP contribution in [0.25, 0.3) is 0 Å². The van der Waals surface area contributed by atoms with E-state index >= 15 is 0 Å². The van der Waals surface area contributed by atoms with E-state index in [9.17, 15) is 17.2 Å². The van der Waals surface area contributed by atoms with Crippen molar-refractivity contribution >= 4 is 15.7 Å². The van der Waals surface area contributed by atoms with Crippen LogP contribution in [0.5, 0.6) is 0 Å². The number of halogens is 2. The number of nitrogens with one attached hydrogen (secondary N) is 1. The molecule has 0 unspecified atom stereocenters. The van der Waals surface area contributed by atoms with Crippen molar-refractivity contribution in [3.05, 3.63) is 53.9 Å². The minimum atomic E-state index is -4.10. The first-order valence-electron chi connectivity index (χ1n) is 6.66. The molecule has 1 N–H and O–H groups in total. The van der Waals surface area contributed by atoms with Crippen molar-refractivity contribution < 1.29 is 17.2 Å². The molecule has 22 heavy (non-hydrogen) atoms. The van der Waals surface area contributed by atoms with Gasteiger partial charge in [0.15, 0.2) is 0 Å². The molecule has 0 radical (unpaired) electrons. The van der Waals surface area contributed by atoms with Crippen LogP contribution in [0, 0.1) is 0 Å². The highest BCUT2D eigenvalue weighted by molar-refractivity contribution is 7.92. The summed E-state index contributed by atoms with van der Waals surface area (Å²) in [5.74, 6) is 0.172. The van der Waals surface area contributed by atoms with E-state index in [2.05, 4.69) is 9.71 Å². The SMILES string of the molecule is CC(C)c1cncc(NS(=O)(=O)c2ccccc2C(F)F)c1. The van der Waals surface area contributed by atoms with Crippen LogP contribution < -0.4 is 4.72 Å². The number of nitrogens with zero attached hydrogens (tertiary/aromatic N) is 1. The van der Waals surface area contributed by atoms with E-state index in [4.69, 9.17) is 0 Å². The summed E-state index contributed by atoms with van der Waals surface area (Å²) in [4.78, 5) is 3.54. The molecule has 0 bridgehead atoms. The number of aromatic nitrogens is 1. The zero-order valence-electron chi connectivity index (χ0n) is 12.1. The van der Waals surface area contributed by atoms with Crippen LogP contribution >= 0.6 is 0 Å². The molecule has 0 aliphatic carbocycles. The van der Waals surface area contributed by atoms with Gasteiger partial charge in [0.1, 0.15) is 0 Å². The normalized spacial score (nSPS) is 11.9. The average molecular weight is 326 g/mol. The highest BCUT2D eigenvalue weighted by Crippen LogP contribution is 2.28. The summed E-state index contributed by atoms with van der Waals surface area (Å²) >= 11 is 0. The molecule has 0 saturated carbocycles. The first-order chi connectivity index (χ1) is 10.3. The Morgan fingerprint density at radius 1 is 1.14 bits per heavy atom. The van der Waals surface area contributed by atoms with Crippen molar-refractivity contribution in [2.45, 2.75) is 31.1 Å². The van der Waals surface area contributed by atoms with Gasteiger partial charge in [-0.2, -0.15) is 0 Å². The minimum absolute atomic E-state index is 0.172. The Kier molecular flexibility index (Phi) is 4.75. The van der Waals surface area contributed by atoms with Crippen molar-refractivity contribution in [3.63, 3.8) is 0 Å². The number of rotatable bonds is 5. The van der Waals surface area contributed by atoms with Gasteiger partial charge in [-0.15, -0.1) is 0 Å². The Morgan fingerprint density at radius 3 is 2.45 bits per heavy atom. The Balaban J connectivity index is 2.39. The third-order valence-corrected chi connectivity index (χ3v) is 4.58. The summed E-state index contributed by atoms with van der Waals surface area (Å²) in [6, 6.07) is 6.68. The molecule has 0 fully saturated rings. The highest BCUT2D eigenvalue weighted by atomic mass is 32.2. The zero-order valence-corrected chi connectivity index (χ0v) is 12.9. The van der Waals surface area contributed by atoms with Gasteiger partial charge in [-0.05, 0) is 23.6 Å². The second kappa shape index (κ2) is 6.39. The average Bonchev–Trinajstić information content (AvgIpc) is 2.47. The summed E-state index contributed by atoms with van der Waals surface area (Å²) < 4.78 is 52.9. The van der Waals surface area contributed by atoms with Gasteiger partial charge in [0.05, 0.1) is 16.8 Å². The molecule has 0 aliphatic rings. The first kappa shape index (κ1) is 16.4. The molecular formula is C15H16F2N2O2S. The van der Waals surface area contributed by atoms with Gasteiger partial charge in [0.2, 0.25) is 0 Å².